The summed E-state index contributed by atoms with van der Waals surface area (Å²) < 4.78 is 4.99. The normalized spacial score (nSPS) is 11.8. The van der Waals surface area contributed by atoms with Gasteiger partial charge in [0.05, 0.1) is 6.61 Å². The topological polar surface area (TPSA) is 21.3 Å². The Labute approximate surface area is 109 Å². The molecule has 0 saturated carbocycles. The zero-order valence-corrected chi connectivity index (χ0v) is 11.3. The number of rotatable bonds is 7. The molecule has 0 aliphatic carbocycles. The van der Waals surface area contributed by atoms with Crippen molar-refractivity contribution in [3.05, 3.63) is 40.4 Å². The van der Waals surface area contributed by atoms with Crippen LogP contribution in [0.25, 0.3) is 6.08 Å². The van der Waals surface area contributed by atoms with Crippen LogP contribution in [-0.4, -0.2) is 26.8 Å². The minimum atomic E-state index is 0.744. The van der Waals surface area contributed by atoms with Crippen molar-refractivity contribution < 1.29 is 4.74 Å². The second-order valence-electron chi connectivity index (χ2n) is 3.88. The fourth-order valence-corrected chi connectivity index (χ4v) is 1.73. The lowest BCUT2D eigenvalue weighted by atomic mass is 10.1. The van der Waals surface area contributed by atoms with Crippen LogP contribution in [0, 0.1) is 0 Å². The molecule has 0 aliphatic heterocycles. The molecule has 0 fully saturated rings. The Hall–Kier alpha value is -0.830. The van der Waals surface area contributed by atoms with Crippen LogP contribution in [0.1, 0.15) is 18.9 Å². The van der Waals surface area contributed by atoms with Gasteiger partial charge in [-0.3, -0.25) is 0 Å². The van der Waals surface area contributed by atoms with Crippen molar-refractivity contribution in [1.29, 1.82) is 0 Å². The van der Waals surface area contributed by atoms with Crippen LogP contribution in [0.3, 0.4) is 0 Å². The van der Waals surface area contributed by atoms with Gasteiger partial charge in [0, 0.05) is 25.2 Å². The van der Waals surface area contributed by atoms with E-state index in [9.17, 15) is 0 Å². The maximum absolute atomic E-state index is 5.96. The molecule has 0 aliphatic rings. The molecule has 0 amide bonds. The number of hydrogen-bond donors (Lipinski definition) is 1. The van der Waals surface area contributed by atoms with Crippen molar-refractivity contribution in [3.63, 3.8) is 0 Å². The lowest BCUT2D eigenvalue weighted by Crippen LogP contribution is -2.21. The quantitative estimate of drug-likeness (QED) is 0.753. The maximum atomic E-state index is 5.96. The highest BCUT2D eigenvalue weighted by atomic mass is 35.5. The Morgan fingerprint density at radius 2 is 2.29 bits per heavy atom. The highest BCUT2D eigenvalue weighted by Gasteiger charge is 1.96. The van der Waals surface area contributed by atoms with E-state index in [0.717, 1.165) is 36.7 Å². The molecule has 0 unspecified atom stereocenters. The number of methoxy groups -OCH3 is 1. The first-order valence-electron chi connectivity index (χ1n) is 5.91. The number of halogens is 1. The van der Waals surface area contributed by atoms with E-state index in [0.29, 0.717) is 0 Å². The van der Waals surface area contributed by atoms with Gasteiger partial charge in [0.2, 0.25) is 0 Å². The average Bonchev–Trinajstić information content (AvgIpc) is 2.33. The molecule has 0 bridgehead atoms. The monoisotopic (exact) mass is 253 g/mol. The van der Waals surface area contributed by atoms with Gasteiger partial charge in [-0.1, -0.05) is 42.3 Å². The average molecular weight is 254 g/mol. The summed E-state index contributed by atoms with van der Waals surface area (Å²) in [6.45, 7) is 4.68. The molecule has 2 nitrogen and oxygen atoms in total. The minimum Gasteiger partial charge on any atom is -0.383 e. The van der Waals surface area contributed by atoms with Crippen LogP contribution < -0.4 is 5.32 Å². The van der Waals surface area contributed by atoms with Gasteiger partial charge < -0.3 is 10.1 Å². The minimum absolute atomic E-state index is 0.744. The highest BCUT2D eigenvalue weighted by Crippen LogP contribution is 2.14. The SMILES string of the molecule is CCC(=Cc1cccc(Cl)c1)CNCCOC. The van der Waals surface area contributed by atoms with E-state index in [4.69, 9.17) is 16.3 Å². The number of benzene rings is 1. The van der Waals surface area contributed by atoms with Gasteiger partial charge in [0.15, 0.2) is 0 Å². The van der Waals surface area contributed by atoms with E-state index in [1.54, 1.807) is 7.11 Å². The van der Waals surface area contributed by atoms with Crippen molar-refractivity contribution in [2.45, 2.75) is 13.3 Å². The van der Waals surface area contributed by atoms with Crippen LogP contribution >= 0.6 is 11.6 Å². The Kier molecular flexibility index (Phi) is 6.94. The molecule has 1 rings (SSSR count). The third-order valence-electron chi connectivity index (χ3n) is 2.51. The Balaban J connectivity index is 2.54. The molecule has 0 spiro atoms. The van der Waals surface area contributed by atoms with Gasteiger partial charge in [-0.2, -0.15) is 0 Å². The first kappa shape index (κ1) is 14.2. The van der Waals surface area contributed by atoms with E-state index in [-0.39, 0.29) is 0 Å². The summed E-state index contributed by atoms with van der Waals surface area (Å²) in [4.78, 5) is 0. The number of hydrogen-bond acceptors (Lipinski definition) is 2. The van der Waals surface area contributed by atoms with Crippen LogP contribution in [0.5, 0.6) is 0 Å². The van der Waals surface area contributed by atoms with Crippen LogP contribution in [0.4, 0.5) is 0 Å². The molecule has 0 heterocycles. The molecule has 3 heteroatoms. The molecule has 94 valence electrons. The van der Waals surface area contributed by atoms with Crippen LogP contribution in [0.15, 0.2) is 29.8 Å². The summed E-state index contributed by atoms with van der Waals surface area (Å²) >= 11 is 5.96. The summed E-state index contributed by atoms with van der Waals surface area (Å²) in [7, 11) is 1.71. The zero-order chi connectivity index (χ0) is 12.5. The third kappa shape index (κ3) is 5.87. The number of nitrogens with one attached hydrogen (secondary N) is 1. The second kappa shape index (κ2) is 8.29. The summed E-state index contributed by atoms with van der Waals surface area (Å²) in [6.07, 6.45) is 3.22. The molecule has 0 atom stereocenters. The van der Waals surface area contributed by atoms with Gasteiger partial charge in [-0.05, 0) is 24.1 Å². The highest BCUT2D eigenvalue weighted by molar-refractivity contribution is 6.30. The lowest BCUT2D eigenvalue weighted by molar-refractivity contribution is 0.200. The van der Waals surface area contributed by atoms with Crippen molar-refractivity contribution >= 4 is 17.7 Å². The van der Waals surface area contributed by atoms with E-state index < -0.39 is 0 Å². The Bertz CT molecular complexity index is 363. The summed E-state index contributed by atoms with van der Waals surface area (Å²) in [6, 6.07) is 7.91. The van der Waals surface area contributed by atoms with Gasteiger partial charge >= 0.3 is 0 Å². The van der Waals surface area contributed by atoms with Crippen molar-refractivity contribution in [2.75, 3.05) is 26.8 Å². The van der Waals surface area contributed by atoms with E-state index in [1.165, 1.54) is 5.57 Å². The van der Waals surface area contributed by atoms with Gasteiger partial charge in [-0.25, -0.2) is 0 Å². The van der Waals surface area contributed by atoms with Crippen molar-refractivity contribution in [1.82, 2.24) is 5.32 Å². The molecular weight excluding hydrogens is 234 g/mol. The lowest BCUT2D eigenvalue weighted by Gasteiger charge is -2.07. The summed E-state index contributed by atoms with van der Waals surface area (Å²) in [5.41, 5.74) is 2.52. The van der Waals surface area contributed by atoms with E-state index in [1.807, 2.05) is 18.2 Å². The standard InChI is InChI=1S/C14H20ClNO/c1-3-12(11-16-7-8-17-2)9-13-5-4-6-14(15)10-13/h4-6,9-10,16H,3,7-8,11H2,1-2H3. The fourth-order valence-electron chi connectivity index (χ4n) is 1.53. The first-order chi connectivity index (χ1) is 8.26. The van der Waals surface area contributed by atoms with Gasteiger partial charge in [0.1, 0.15) is 0 Å². The maximum Gasteiger partial charge on any atom is 0.0587 e. The Morgan fingerprint density at radius 1 is 1.47 bits per heavy atom. The Morgan fingerprint density at radius 3 is 2.94 bits per heavy atom. The summed E-state index contributed by atoms with van der Waals surface area (Å²) in [5, 5.41) is 4.13. The second-order valence-corrected chi connectivity index (χ2v) is 4.32. The molecule has 1 aromatic rings. The molecular formula is C14H20ClNO. The molecule has 0 aromatic heterocycles. The van der Waals surface area contributed by atoms with Crippen molar-refractivity contribution in [3.8, 4) is 0 Å². The molecule has 1 aromatic carbocycles. The predicted molar refractivity (Wildman–Crippen MR) is 74.5 cm³/mol. The molecule has 0 saturated heterocycles. The fraction of sp³-hybridized carbons (Fsp3) is 0.429. The molecule has 17 heavy (non-hydrogen) atoms. The zero-order valence-electron chi connectivity index (χ0n) is 10.5. The third-order valence-corrected chi connectivity index (χ3v) is 2.74. The van der Waals surface area contributed by atoms with Crippen LogP contribution in [-0.2, 0) is 4.74 Å². The summed E-state index contributed by atoms with van der Waals surface area (Å²) in [5.74, 6) is 0. The van der Waals surface area contributed by atoms with Gasteiger partial charge in [0.25, 0.3) is 0 Å². The number of ether oxygens (including phenoxy) is 1. The van der Waals surface area contributed by atoms with E-state index in [2.05, 4.69) is 24.4 Å². The largest absolute Gasteiger partial charge is 0.383 e. The van der Waals surface area contributed by atoms with Crippen molar-refractivity contribution in [2.24, 2.45) is 0 Å². The first-order valence-corrected chi connectivity index (χ1v) is 6.28. The molecule has 0 radical (unpaired) electrons. The predicted octanol–water partition coefficient (Wildman–Crippen LogP) is 3.37. The molecule has 1 N–H and O–H groups in total. The smallest absolute Gasteiger partial charge is 0.0587 e. The van der Waals surface area contributed by atoms with E-state index >= 15 is 0 Å². The van der Waals surface area contributed by atoms with Crippen LogP contribution in [0.2, 0.25) is 5.02 Å². The van der Waals surface area contributed by atoms with Gasteiger partial charge in [-0.15, -0.1) is 0 Å².